The van der Waals surface area contributed by atoms with Crippen LogP contribution in [-0.4, -0.2) is 42.9 Å². The van der Waals surface area contributed by atoms with E-state index in [4.69, 9.17) is 4.74 Å². The van der Waals surface area contributed by atoms with Crippen LogP contribution in [0.5, 0.6) is 0 Å². The van der Waals surface area contributed by atoms with Crippen molar-refractivity contribution in [3.05, 3.63) is 0 Å². The third kappa shape index (κ3) is 2.68. The van der Waals surface area contributed by atoms with Gasteiger partial charge >= 0.3 is 5.97 Å². The lowest BCUT2D eigenvalue weighted by atomic mass is 9.76. The van der Waals surface area contributed by atoms with Crippen LogP contribution in [0, 0.1) is 5.41 Å². The highest BCUT2D eigenvalue weighted by Crippen LogP contribution is 2.40. The SMILES string of the molecule is CCOC(=O)CCC(=O)C12CCCN(CC1)C2. The van der Waals surface area contributed by atoms with E-state index in [9.17, 15) is 9.59 Å². The number of hydrogen-bond donors (Lipinski definition) is 0. The molecule has 0 aromatic heterocycles. The molecule has 96 valence electrons. The third-order valence-electron chi connectivity index (χ3n) is 4.02. The van der Waals surface area contributed by atoms with Crippen LogP contribution in [0.15, 0.2) is 0 Å². The van der Waals surface area contributed by atoms with Gasteiger partial charge in [0.25, 0.3) is 0 Å². The summed E-state index contributed by atoms with van der Waals surface area (Å²) in [4.78, 5) is 25.9. The van der Waals surface area contributed by atoms with E-state index in [-0.39, 0.29) is 23.6 Å². The molecule has 2 fully saturated rings. The van der Waals surface area contributed by atoms with Crippen LogP contribution in [0.1, 0.15) is 39.0 Å². The molecule has 2 aliphatic heterocycles. The number of ether oxygens (including phenoxy) is 1. The summed E-state index contributed by atoms with van der Waals surface area (Å²) in [5.41, 5.74) is -0.134. The van der Waals surface area contributed by atoms with E-state index in [2.05, 4.69) is 4.90 Å². The molecule has 0 N–H and O–H groups in total. The summed E-state index contributed by atoms with van der Waals surface area (Å²) in [6, 6.07) is 0. The molecule has 2 bridgehead atoms. The lowest BCUT2D eigenvalue weighted by Crippen LogP contribution is -2.39. The molecule has 2 saturated heterocycles. The van der Waals surface area contributed by atoms with E-state index in [0.717, 1.165) is 38.9 Å². The zero-order chi connectivity index (χ0) is 12.3. The third-order valence-corrected chi connectivity index (χ3v) is 4.02. The first kappa shape index (κ1) is 12.6. The molecule has 0 aromatic rings. The van der Waals surface area contributed by atoms with Gasteiger partial charge in [-0.2, -0.15) is 0 Å². The van der Waals surface area contributed by atoms with Crippen LogP contribution < -0.4 is 0 Å². The lowest BCUT2D eigenvalue weighted by Gasteiger charge is -2.32. The second-order valence-corrected chi connectivity index (χ2v) is 5.14. The average molecular weight is 239 g/mol. The summed E-state index contributed by atoms with van der Waals surface area (Å²) < 4.78 is 4.86. The quantitative estimate of drug-likeness (QED) is 0.680. The monoisotopic (exact) mass is 239 g/mol. The fourth-order valence-corrected chi connectivity index (χ4v) is 3.08. The fourth-order valence-electron chi connectivity index (χ4n) is 3.08. The Labute approximate surface area is 102 Å². The number of carbonyl (C=O) groups excluding carboxylic acids is 2. The minimum absolute atomic E-state index is 0.134. The molecule has 2 aliphatic rings. The van der Waals surface area contributed by atoms with Crippen molar-refractivity contribution in [1.82, 2.24) is 4.90 Å². The highest BCUT2D eigenvalue weighted by Gasteiger charge is 2.45. The van der Waals surface area contributed by atoms with Gasteiger partial charge < -0.3 is 9.64 Å². The van der Waals surface area contributed by atoms with Crippen molar-refractivity contribution in [2.45, 2.75) is 39.0 Å². The maximum absolute atomic E-state index is 12.3. The second-order valence-electron chi connectivity index (χ2n) is 5.14. The fraction of sp³-hybridized carbons (Fsp3) is 0.846. The standard InChI is InChI=1S/C13H21NO3/c1-2-17-12(16)5-4-11(15)13-6-3-8-14(10-13)9-7-13/h2-10H2,1H3. The Balaban J connectivity index is 1.85. The van der Waals surface area contributed by atoms with Gasteiger partial charge in [-0.05, 0) is 39.3 Å². The van der Waals surface area contributed by atoms with Gasteiger partial charge in [0.2, 0.25) is 0 Å². The Morgan fingerprint density at radius 3 is 2.82 bits per heavy atom. The largest absolute Gasteiger partial charge is 0.466 e. The molecule has 4 nitrogen and oxygen atoms in total. The number of fused-ring (bicyclic) bond motifs is 2. The summed E-state index contributed by atoms with van der Waals surface area (Å²) in [6.45, 7) is 5.27. The van der Waals surface area contributed by atoms with Crippen molar-refractivity contribution in [3.63, 3.8) is 0 Å². The number of hydrogen-bond acceptors (Lipinski definition) is 4. The van der Waals surface area contributed by atoms with E-state index >= 15 is 0 Å². The van der Waals surface area contributed by atoms with Crippen molar-refractivity contribution in [3.8, 4) is 0 Å². The average Bonchev–Trinajstić information content (AvgIpc) is 2.63. The van der Waals surface area contributed by atoms with Crippen LogP contribution in [0.4, 0.5) is 0 Å². The molecule has 4 heteroatoms. The summed E-state index contributed by atoms with van der Waals surface area (Å²) in [6.07, 6.45) is 3.70. The molecule has 2 rings (SSSR count). The summed E-state index contributed by atoms with van der Waals surface area (Å²) in [5, 5.41) is 0. The molecule has 0 radical (unpaired) electrons. The molecule has 0 spiro atoms. The zero-order valence-corrected chi connectivity index (χ0v) is 10.5. The maximum Gasteiger partial charge on any atom is 0.306 e. The molecule has 0 aromatic carbocycles. The van der Waals surface area contributed by atoms with Gasteiger partial charge in [-0.3, -0.25) is 9.59 Å². The van der Waals surface area contributed by atoms with Crippen molar-refractivity contribution < 1.29 is 14.3 Å². The highest BCUT2D eigenvalue weighted by atomic mass is 16.5. The van der Waals surface area contributed by atoms with Crippen molar-refractivity contribution >= 4 is 11.8 Å². The van der Waals surface area contributed by atoms with Crippen LogP contribution in [0.2, 0.25) is 0 Å². The predicted molar refractivity (Wildman–Crippen MR) is 63.6 cm³/mol. The van der Waals surface area contributed by atoms with E-state index in [1.807, 2.05) is 0 Å². The molecule has 0 aliphatic carbocycles. The first-order valence-corrected chi connectivity index (χ1v) is 6.57. The molecular formula is C13H21NO3. The minimum atomic E-state index is -0.247. The normalized spacial score (nSPS) is 31.2. The van der Waals surface area contributed by atoms with Gasteiger partial charge in [-0.15, -0.1) is 0 Å². The predicted octanol–water partition coefficient (Wildman–Crippen LogP) is 1.38. The van der Waals surface area contributed by atoms with E-state index in [1.165, 1.54) is 0 Å². The maximum atomic E-state index is 12.3. The number of piperidine rings is 1. The topological polar surface area (TPSA) is 46.6 Å². The summed E-state index contributed by atoms with van der Waals surface area (Å²) >= 11 is 0. The number of carbonyl (C=O) groups is 2. The Kier molecular flexibility index (Phi) is 3.82. The summed E-state index contributed by atoms with van der Waals surface area (Å²) in [7, 11) is 0. The molecule has 2 heterocycles. The first-order valence-electron chi connectivity index (χ1n) is 6.57. The minimum Gasteiger partial charge on any atom is -0.466 e. The molecule has 0 amide bonds. The van der Waals surface area contributed by atoms with Gasteiger partial charge in [-0.1, -0.05) is 0 Å². The number of ketones is 1. The van der Waals surface area contributed by atoms with E-state index in [0.29, 0.717) is 13.0 Å². The Hall–Kier alpha value is -0.900. The van der Waals surface area contributed by atoms with Crippen molar-refractivity contribution in [2.24, 2.45) is 5.41 Å². The Morgan fingerprint density at radius 2 is 2.06 bits per heavy atom. The van der Waals surface area contributed by atoms with Crippen molar-refractivity contribution in [1.29, 1.82) is 0 Å². The zero-order valence-electron chi connectivity index (χ0n) is 10.5. The Bertz CT molecular complexity index is 312. The number of rotatable bonds is 5. The van der Waals surface area contributed by atoms with Crippen LogP contribution in [0.3, 0.4) is 0 Å². The van der Waals surface area contributed by atoms with Gasteiger partial charge in [-0.25, -0.2) is 0 Å². The highest BCUT2D eigenvalue weighted by molar-refractivity contribution is 5.88. The van der Waals surface area contributed by atoms with Gasteiger partial charge in [0.1, 0.15) is 5.78 Å². The van der Waals surface area contributed by atoms with Gasteiger partial charge in [0.15, 0.2) is 0 Å². The number of Topliss-reactive ketones (excluding diaryl/α,β-unsaturated/α-hetero) is 1. The molecule has 2 atom stereocenters. The van der Waals surface area contributed by atoms with Crippen LogP contribution in [-0.2, 0) is 14.3 Å². The number of esters is 1. The second kappa shape index (κ2) is 5.17. The molecular weight excluding hydrogens is 218 g/mol. The van der Waals surface area contributed by atoms with Crippen molar-refractivity contribution in [2.75, 3.05) is 26.2 Å². The molecule has 2 unspecified atom stereocenters. The number of nitrogens with zero attached hydrogens (tertiary/aromatic N) is 1. The smallest absolute Gasteiger partial charge is 0.306 e. The van der Waals surface area contributed by atoms with Crippen LogP contribution >= 0.6 is 0 Å². The summed E-state index contributed by atoms with van der Waals surface area (Å²) in [5.74, 6) is 0.0238. The molecule has 17 heavy (non-hydrogen) atoms. The first-order chi connectivity index (χ1) is 8.16. The van der Waals surface area contributed by atoms with Gasteiger partial charge in [0, 0.05) is 18.4 Å². The Morgan fingerprint density at radius 1 is 1.24 bits per heavy atom. The molecule has 0 saturated carbocycles. The lowest BCUT2D eigenvalue weighted by molar-refractivity contribution is -0.145. The van der Waals surface area contributed by atoms with Crippen LogP contribution in [0.25, 0.3) is 0 Å². The van der Waals surface area contributed by atoms with Gasteiger partial charge in [0.05, 0.1) is 13.0 Å². The van der Waals surface area contributed by atoms with E-state index in [1.54, 1.807) is 6.92 Å². The van der Waals surface area contributed by atoms with E-state index < -0.39 is 0 Å².